The van der Waals surface area contributed by atoms with Gasteiger partial charge in [0.05, 0.1) is 7.11 Å². The predicted octanol–water partition coefficient (Wildman–Crippen LogP) is 2.54. The first-order chi connectivity index (χ1) is 7.24. The van der Waals surface area contributed by atoms with Crippen molar-refractivity contribution in [3.8, 4) is 5.75 Å². The lowest BCUT2D eigenvalue weighted by molar-refractivity contribution is 0.414. The molecule has 0 fully saturated rings. The molecule has 0 spiro atoms. The van der Waals surface area contributed by atoms with E-state index in [-0.39, 0.29) is 5.88 Å². The molecule has 0 N–H and O–H groups in total. The van der Waals surface area contributed by atoms with Crippen LogP contribution in [-0.2, 0) is 5.88 Å². The molecule has 0 aliphatic rings. The smallest absolute Gasteiger partial charge is 0.336 e. The van der Waals surface area contributed by atoms with Gasteiger partial charge in [0.15, 0.2) is 0 Å². The fourth-order valence-corrected chi connectivity index (χ4v) is 1.67. The van der Waals surface area contributed by atoms with Gasteiger partial charge in [-0.05, 0) is 17.7 Å². The van der Waals surface area contributed by atoms with Gasteiger partial charge in [-0.1, -0.05) is 0 Å². The maximum Gasteiger partial charge on any atom is 0.336 e. The van der Waals surface area contributed by atoms with Crippen molar-refractivity contribution in [2.75, 3.05) is 7.11 Å². The highest BCUT2D eigenvalue weighted by Gasteiger charge is 2.05. The molecule has 0 unspecified atom stereocenters. The van der Waals surface area contributed by atoms with Gasteiger partial charge in [0.25, 0.3) is 0 Å². The molecular formula is C11H9ClO3. The van der Waals surface area contributed by atoms with Crippen molar-refractivity contribution in [1.29, 1.82) is 0 Å². The Morgan fingerprint density at radius 1 is 1.40 bits per heavy atom. The zero-order chi connectivity index (χ0) is 10.8. The quantitative estimate of drug-likeness (QED) is 0.581. The Morgan fingerprint density at radius 2 is 2.20 bits per heavy atom. The minimum Gasteiger partial charge on any atom is -0.497 e. The summed E-state index contributed by atoms with van der Waals surface area (Å²) in [5, 5.41) is 0.838. The summed E-state index contributed by atoms with van der Waals surface area (Å²) in [6.45, 7) is 0. The van der Waals surface area contributed by atoms with Crippen LogP contribution in [-0.4, -0.2) is 7.11 Å². The molecule has 1 heterocycles. The maximum atomic E-state index is 11.2. The van der Waals surface area contributed by atoms with E-state index in [9.17, 15) is 4.79 Å². The van der Waals surface area contributed by atoms with Crippen LogP contribution in [0.2, 0.25) is 0 Å². The highest BCUT2D eigenvalue weighted by Crippen LogP contribution is 2.23. The van der Waals surface area contributed by atoms with E-state index in [0.29, 0.717) is 11.3 Å². The molecule has 0 bridgehead atoms. The standard InChI is InChI=1S/C11H9ClO3/c1-14-8-2-3-9-7(6-12)4-11(13)15-10(9)5-8/h2-5H,6H2,1H3. The molecular weight excluding hydrogens is 216 g/mol. The van der Waals surface area contributed by atoms with Crippen LogP contribution in [0.15, 0.2) is 33.5 Å². The molecule has 15 heavy (non-hydrogen) atoms. The van der Waals surface area contributed by atoms with E-state index in [2.05, 4.69) is 0 Å². The molecule has 2 rings (SSSR count). The Labute approximate surface area is 91.2 Å². The Hall–Kier alpha value is -1.48. The molecule has 0 amide bonds. The Morgan fingerprint density at radius 3 is 2.87 bits per heavy atom. The highest BCUT2D eigenvalue weighted by molar-refractivity contribution is 6.17. The first kappa shape index (κ1) is 10.1. The van der Waals surface area contributed by atoms with Crippen molar-refractivity contribution < 1.29 is 9.15 Å². The van der Waals surface area contributed by atoms with Crippen LogP contribution in [0, 0.1) is 0 Å². The Bertz CT molecular complexity index is 545. The number of rotatable bonds is 2. The van der Waals surface area contributed by atoms with Crippen molar-refractivity contribution in [2.45, 2.75) is 5.88 Å². The first-order valence-electron chi connectivity index (χ1n) is 4.41. The SMILES string of the molecule is COc1ccc2c(CCl)cc(=O)oc2c1. The van der Waals surface area contributed by atoms with E-state index in [4.69, 9.17) is 20.8 Å². The van der Waals surface area contributed by atoms with E-state index in [1.165, 1.54) is 6.07 Å². The second kappa shape index (κ2) is 3.95. The van der Waals surface area contributed by atoms with Crippen LogP contribution in [0.5, 0.6) is 5.75 Å². The fraction of sp³-hybridized carbons (Fsp3) is 0.182. The van der Waals surface area contributed by atoms with Crippen LogP contribution in [0.1, 0.15) is 5.56 Å². The largest absolute Gasteiger partial charge is 0.497 e. The molecule has 0 atom stereocenters. The summed E-state index contributed by atoms with van der Waals surface area (Å²) in [5.74, 6) is 0.936. The van der Waals surface area contributed by atoms with E-state index >= 15 is 0 Å². The lowest BCUT2D eigenvalue weighted by Crippen LogP contribution is -1.99. The number of fused-ring (bicyclic) bond motifs is 1. The minimum absolute atomic E-state index is 0.286. The van der Waals surface area contributed by atoms with Crippen LogP contribution in [0.25, 0.3) is 11.0 Å². The maximum absolute atomic E-state index is 11.2. The molecule has 0 radical (unpaired) electrons. The van der Waals surface area contributed by atoms with E-state index < -0.39 is 5.63 Å². The van der Waals surface area contributed by atoms with Gasteiger partial charge in [-0.2, -0.15) is 0 Å². The number of methoxy groups -OCH3 is 1. The molecule has 4 heteroatoms. The molecule has 0 saturated heterocycles. The summed E-state index contributed by atoms with van der Waals surface area (Å²) >= 11 is 5.74. The van der Waals surface area contributed by atoms with Gasteiger partial charge in [-0.15, -0.1) is 11.6 Å². The molecule has 1 aromatic heterocycles. The lowest BCUT2D eigenvalue weighted by atomic mass is 10.1. The second-order valence-corrected chi connectivity index (χ2v) is 3.35. The molecule has 78 valence electrons. The van der Waals surface area contributed by atoms with Crippen molar-refractivity contribution in [3.05, 3.63) is 40.2 Å². The zero-order valence-electron chi connectivity index (χ0n) is 8.12. The molecule has 0 saturated carbocycles. The van der Waals surface area contributed by atoms with Crippen molar-refractivity contribution in [1.82, 2.24) is 0 Å². The average Bonchev–Trinajstić information content (AvgIpc) is 2.26. The number of benzene rings is 1. The van der Waals surface area contributed by atoms with Gasteiger partial charge >= 0.3 is 5.63 Å². The van der Waals surface area contributed by atoms with Gasteiger partial charge in [-0.25, -0.2) is 4.79 Å². The van der Waals surface area contributed by atoms with Crippen LogP contribution < -0.4 is 10.4 Å². The Kier molecular flexibility index (Phi) is 2.64. The zero-order valence-corrected chi connectivity index (χ0v) is 8.88. The lowest BCUT2D eigenvalue weighted by Gasteiger charge is -2.03. The third-order valence-corrected chi connectivity index (χ3v) is 2.47. The van der Waals surface area contributed by atoms with Gasteiger partial charge in [0.2, 0.25) is 0 Å². The third-order valence-electron chi connectivity index (χ3n) is 2.18. The highest BCUT2D eigenvalue weighted by atomic mass is 35.5. The summed E-state index contributed by atoms with van der Waals surface area (Å²) in [4.78, 5) is 11.2. The molecule has 0 aliphatic heterocycles. The second-order valence-electron chi connectivity index (χ2n) is 3.09. The topological polar surface area (TPSA) is 39.4 Å². The summed E-state index contributed by atoms with van der Waals surface area (Å²) in [6, 6.07) is 6.71. The summed E-state index contributed by atoms with van der Waals surface area (Å²) in [5.41, 5.74) is 0.870. The van der Waals surface area contributed by atoms with Gasteiger partial charge in [-0.3, -0.25) is 0 Å². The number of alkyl halides is 1. The van der Waals surface area contributed by atoms with E-state index in [1.807, 2.05) is 6.07 Å². The van der Waals surface area contributed by atoms with Crippen molar-refractivity contribution >= 4 is 22.6 Å². The predicted molar refractivity (Wildman–Crippen MR) is 58.6 cm³/mol. The molecule has 2 aromatic rings. The van der Waals surface area contributed by atoms with Gasteiger partial charge < -0.3 is 9.15 Å². The van der Waals surface area contributed by atoms with Gasteiger partial charge in [0.1, 0.15) is 11.3 Å². The normalized spacial score (nSPS) is 10.5. The summed E-state index contributed by atoms with van der Waals surface area (Å²) < 4.78 is 10.1. The number of halogens is 1. The van der Waals surface area contributed by atoms with Crippen molar-refractivity contribution in [2.24, 2.45) is 0 Å². The number of ether oxygens (including phenoxy) is 1. The number of hydrogen-bond donors (Lipinski definition) is 0. The van der Waals surface area contributed by atoms with Crippen LogP contribution in [0.4, 0.5) is 0 Å². The van der Waals surface area contributed by atoms with Crippen molar-refractivity contribution in [3.63, 3.8) is 0 Å². The van der Waals surface area contributed by atoms with Crippen LogP contribution in [0.3, 0.4) is 0 Å². The number of hydrogen-bond acceptors (Lipinski definition) is 3. The summed E-state index contributed by atoms with van der Waals surface area (Å²) in [6.07, 6.45) is 0. The van der Waals surface area contributed by atoms with E-state index in [0.717, 1.165) is 10.9 Å². The monoisotopic (exact) mass is 224 g/mol. The minimum atomic E-state index is -0.397. The fourth-order valence-electron chi connectivity index (χ4n) is 1.45. The molecule has 1 aromatic carbocycles. The van der Waals surface area contributed by atoms with Gasteiger partial charge in [0, 0.05) is 23.4 Å². The molecule has 0 aliphatic carbocycles. The molecule has 3 nitrogen and oxygen atoms in total. The Balaban J connectivity index is 2.78. The van der Waals surface area contributed by atoms with Crippen LogP contribution >= 0.6 is 11.6 Å². The summed E-state index contributed by atoms with van der Waals surface area (Å²) in [7, 11) is 1.56. The first-order valence-corrected chi connectivity index (χ1v) is 4.95. The third kappa shape index (κ3) is 1.83. The average molecular weight is 225 g/mol. The van der Waals surface area contributed by atoms with E-state index in [1.54, 1.807) is 19.2 Å².